The summed E-state index contributed by atoms with van der Waals surface area (Å²) >= 11 is 0. The summed E-state index contributed by atoms with van der Waals surface area (Å²) in [5.41, 5.74) is 0. The number of amides is 1. The van der Waals surface area contributed by atoms with Gasteiger partial charge in [0.2, 0.25) is 0 Å². The van der Waals surface area contributed by atoms with Crippen LogP contribution < -0.4 is 5.32 Å². The van der Waals surface area contributed by atoms with Crippen LogP contribution in [0.25, 0.3) is 0 Å². The number of allylic oxidation sites excluding steroid dienone is 6. The van der Waals surface area contributed by atoms with Crippen molar-refractivity contribution in [2.45, 2.75) is 162 Å². The molecule has 0 fully saturated rings. The number of alkyl carbamates (subject to hydrolysis) is 1. The third-order valence-electron chi connectivity index (χ3n) is 7.79. The first-order valence-corrected chi connectivity index (χ1v) is 17.6. The third-order valence-corrected chi connectivity index (χ3v) is 7.79. The summed E-state index contributed by atoms with van der Waals surface area (Å²) in [6.07, 6.45) is 39.2. The Hall–Kier alpha value is -1.55. The molecule has 0 rings (SSSR count). The first kappa shape index (κ1) is 39.5. The lowest BCUT2D eigenvalue weighted by Gasteiger charge is -2.27. The van der Waals surface area contributed by atoms with Crippen LogP contribution in [0.5, 0.6) is 0 Å². The van der Waals surface area contributed by atoms with Gasteiger partial charge in [0.1, 0.15) is 6.10 Å². The number of hydrogen-bond donors (Lipinski definition) is 1. The summed E-state index contributed by atoms with van der Waals surface area (Å²) in [4.78, 5) is 14.9. The Balaban J connectivity index is 5.11. The van der Waals surface area contributed by atoms with Gasteiger partial charge in [0.05, 0.1) is 0 Å². The number of carbonyl (C=O) groups excluding carboxylic acids is 1. The van der Waals surface area contributed by atoms with Gasteiger partial charge in [-0.1, -0.05) is 102 Å². The van der Waals surface area contributed by atoms with Gasteiger partial charge in [0.25, 0.3) is 0 Å². The minimum atomic E-state index is -0.253. The van der Waals surface area contributed by atoms with E-state index in [1.54, 1.807) is 0 Å². The Bertz CT molecular complexity index is 641. The van der Waals surface area contributed by atoms with Gasteiger partial charge in [-0.05, 0) is 110 Å². The molecular formula is C37H70N2O2. The van der Waals surface area contributed by atoms with Gasteiger partial charge in [0.15, 0.2) is 0 Å². The lowest BCUT2D eigenvalue weighted by Crippen LogP contribution is -2.36. The number of nitrogens with zero attached hydrogens (tertiary/aromatic N) is 1. The molecule has 240 valence electrons. The molecule has 0 radical (unpaired) electrons. The fraction of sp³-hybridized carbons (Fsp3) is 0.811. The molecule has 2 atom stereocenters. The normalized spacial score (nSPS) is 13.6. The van der Waals surface area contributed by atoms with Crippen molar-refractivity contribution in [2.24, 2.45) is 5.92 Å². The van der Waals surface area contributed by atoms with Crippen LogP contribution in [0.1, 0.15) is 156 Å². The number of unbranched alkanes of at least 4 members (excludes halogenated alkanes) is 12. The van der Waals surface area contributed by atoms with Crippen LogP contribution >= 0.6 is 0 Å². The fourth-order valence-electron chi connectivity index (χ4n) is 5.14. The van der Waals surface area contributed by atoms with Crippen LogP contribution in [0.4, 0.5) is 4.79 Å². The Morgan fingerprint density at radius 1 is 0.610 bits per heavy atom. The van der Waals surface area contributed by atoms with Crippen molar-refractivity contribution >= 4 is 6.09 Å². The van der Waals surface area contributed by atoms with Crippen molar-refractivity contribution in [3.05, 3.63) is 36.5 Å². The summed E-state index contributed by atoms with van der Waals surface area (Å²) in [6.45, 7) is 8.22. The van der Waals surface area contributed by atoms with Gasteiger partial charge in [-0.3, -0.25) is 0 Å². The molecule has 0 aliphatic heterocycles. The average Bonchev–Trinajstić information content (AvgIpc) is 2.95. The summed E-state index contributed by atoms with van der Waals surface area (Å²) in [7, 11) is 4.05. The molecule has 0 spiro atoms. The molecule has 1 N–H and O–H groups in total. The Kier molecular flexibility index (Phi) is 30.2. The van der Waals surface area contributed by atoms with Crippen LogP contribution in [0.2, 0.25) is 0 Å². The van der Waals surface area contributed by atoms with E-state index in [9.17, 15) is 4.79 Å². The van der Waals surface area contributed by atoms with Crippen LogP contribution in [-0.2, 0) is 4.74 Å². The lowest BCUT2D eigenvalue weighted by molar-refractivity contribution is 0.0490. The van der Waals surface area contributed by atoms with Crippen molar-refractivity contribution in [2.75, 3.05) is 27.2 Å². The molecule has 0 bridgehead atoms. The molecule has 0 saturated heterocycles. The zero-order valence-electron chi connectivity index (χ0n) is 28.1. The van der Waals surface area contributed by atoms with E-state index in [2.05, 4.69) is 67.4 Å². The van der Waals surface area contributed by atoms with E-state index in [0.29, 0.717) is 12.5 Å². The van der Waals surface area contributed by atoms with Gasteiger partial charge < -0.3 is 15.0 Å². The second kappa shape index (κ2) is 31.4. The molecule has 0 heterocycles. The van der Waals surface area contributed by atoms with Gasteiger partial charge in [0, 0.05) is 13.1 Å². The first-order chi connectivity index (χ1) is 20.0. The maximum Gasteiger partial charge on any atom is 0.407 e. The van der Waals surface area contributed by atoms with Crippen LogP contribution in [0, 0.1) is 5.92 Å². The quantitative estimate of drug-likeness (QED) is 0.0713. The number of ether oxygens (including phenoxy) is 1. The van der Waals surface area contributed by atoms with E-state index < -0.39 is 0 Å². The number of hydrogen-bond acceptors (Lipinski definition) is 3. The molecule has 41 heavy (non-hydrogen) atoms. The predicted octanol–water partition coefficient (Wildman–Crippen LogP) is 11.2. The van der Waals surface area contributed by atoms with Crippen molar-refractivity contribution in [3.8, 4) is 0 Å². The molecule has 0 aliphatic carbocycles. The number of rotatable bonds is 29. The van der Waals surface area contributed by atoms with Crippen molar-refractivity contribution in [1.29, 1.82) is 0 Å². The molecular weight excluding hydrogens is 504 g/mol. The van der Waals surface area contributed by atoms with Gasteiger partial charge in [-0.2, -0.15) is 0 Å². The summed E-state index contributed by atoms with van der Waals surface area (Å²) in [6, 6.07) is 0. The Morgan fingerprint density at radius 2 is 1.05 bits per heavy atom. The highest BCUT2D eigenvalue weighted by Gasteiger charge is 2.24. The zero-order chi connectivity index (χ0) is 30.2. The summed E-state index contributed by atoms with van der Waals surface area (Å²) in [5.74, 6) is 0.412. The number of nitrogens with one attached hydrogen (secondary N) is 1. The number of carbonyl (C=O) groups is 1. The second-order valence-electron chi connectivity index (χ2n) is 12.1. The van der Waals surface area contributed by atoms with Crippen LogP contribution in [0.3, 0.4) is 0 Å². The minimum Gasteiger partial charge on any atom is -0.446 e. The monoisotopic (exact) mass is 575 g/mol. The topological polar surface area (TPSA) is 41.6 Å². The SMILES string of the molecule is CCCCCC=CCCCC(CCCC=CCCCCCC)C(CCC=CCCCCC)OC(=O)NCCN(C)C. The fourth-order valence-corrected chi connectivity index (χ4v) is 5.14. The molecule has 0 saturated carbocycles. The van der Waals surface area contributed by atoms with Gasteiger partial charge in [-0.15, -0.1) is 0 Å². The van der Waals surface area contributed by atoms with E-state index in [-0.39, 0.29) is 12.2 Å². The Morgan fingerprint density at radius 3 is 1.54 bits per heavy atom. The molecule has 0 aromatic carbocycles. The number of likely N-dealkylation sites (N-methyl/N-ethyl adjacent to an activating group) is 1. The van der Waals surface area contributed by atoms with Gasteiger partial charge >= 0.3 is 6.09 Å². The van der Waals surface area contributed by atoms with Crippen molar-refractivity contribution < 1.29 is 9.53 Å². The highest BCUT2D eigenvalue weighted by Crippen LogP contribution is 2.26. The molecule has 0 aliphatic rings. The molecule has 4 nitrogen and oxygen atoms in total. The van der Waals surface area contributed by atoms with E-state index >= 15 is 0 Å². The van der Waals surface area contributed by atoms with E-state index in [0.717, 1.165) is 64.3 Å². The maximum absolute atomic E-state index is 12.8. The highest BCUT2D eigenvalue weighted by atomic mass is 16.6. The van der Waals surface area contributed by atoms with Crippen molar-refractivity contribution in [3.63, 3.8) is 0 Å². The van der Waals surface area contributed by atoms with Crippen LogP contribution in [-0.4, -0.2) is 44.3 Å². The van der Waals surface area contributed by atoms with E-state index in [1.165, 1.54) is 77.0 Å². The Labute approximate surface area is 256 Å². The third kappa shape index (κ3) is 28.3. The molecule has 1 amide bonds. The lowest BCUT2D eigenvalue weighted by atomic mass is 9.88. The average molecular weight is 575 g/mol. The predicted molar refractivity (Wildman–Crippen MR) is 182 cm³/mol. The largest absolute Gasteiger partial charge is 0.446 e. The van der Waals surface area contributed by atoms with Crippen molar-refractivity contribution in [1.82, 2.24) is 10.2 Å². The molecule has 0 aromatic rings. The van der Waals surface area contributed by atoms with Gasteiger partial charge in [-0.25, -0.2) is 4.79 Å². The molecule has 4 heteroatoms. The van der Waals surface area contributed by atoms with E-state index in [1.807, 2.05) is 14.1 Å². The first-order valence-electron chi connectivity index (χ1n) is 17.6. The minimum absolute atomic E-state index is 0.0267. The summed E-state index contributed by atoms with van der Waals surface area (Å²) in [5, 5.41) is 2.99. The highest BCUT2D eigenvalue weighted by molar-refractivity contribution is 5.67. The van der Waals surface area contributed by atoms with Crippen LogP contribution in [0.15, 0.2) is 36.5 Å². The maximum atomic E-state index is 12.8. The smallest absolute Gasteiger partial charge is 0.407 e. The summed E-state index contributed by atoms with van der Waals surface area (Å²) < 4.78 is 6.16. The van der Waals surface area contributed by atoms with E-state index in [4.69, 9.17) is 4.74 Å². The second-order valence-corrected chi connectivity index (χ2v) is 12.1. The molecule has 0 aromatic heterocycles. The molecule has 2 unspecified atom stereocenters. The zero-order valence-corrected chi connectivity index (χ0v) is 28.1. The standard InChI is InChI=1S/C37H70N2O2/c1-6-9-12-15-18-20-23-25-28-31-35(30-27-24-22-19-16-13-10-7-2)36(32-29-26-21-17-14-11-8-3)41-37(40)38-33-34-39(4)5/h19-23,26,35-36H,6-18,24-25,27-34H2,1-5H3,(H,38,40).